The van der Waals surface area contributed by atoms with Crippen LogP contribution in [-0.2, 0) is 6.54 Å². The second-order valence-electron chi connectivity index (χ2n) is 4.44. The van der Waals surface area contributed by atoms with Crippen molar-refractivity contribution in [2.75, 3.05) is 11.9 Å². The van der Waals surface area contributed by atoms with Crippen molar-refractivity contribution in [3.05, 3.63) is 66.4 Å². The number of fused-ring (bicyclic) bond motifs is 1. The second kappa shape index (κ2) is 4.57. The van der Waals surface area contributed by atoms with Crippen molar-refractivity contribution < 1.29 is 4.42 Å². The summed E-state index contributed by atoms with van der Waals surface area (Å²) in [5.74, 6) is 0.988. The lowest BCUT2D eigenvalue weighted by molar-refractivity contribution is 0.546. The fraction of sp³-hybridized carbons (Fsp3) is 0.125. The van der Waals surface area contributed by atoms with Gasteiger partial charge in [-0.3, -0.25) is 0 Å². The summed E-state index contributed by atoms with van der Waals surface area (Å²) in [5.41, 5.74) is 2.15. The molecule has 1 heterocycles. The third-order valence-corrected chi connectivity index (χ3v) is 3.07. The highest BCUT2D eigenvalue weighted by Gasteiger charge is 2.06. The zero-order valence-electron chi connectivity index (χ0n) is 10.3. The standard InChI is InChI=1S/C16H15NO/c1-17(14-8-3-2-4-9-14)12-15-11-13-7-5-6-10-16(13)18-15/h2-11H,12H2,1H3. The van der Waals surface area contributed by atoms with Crippen molar-refractivity contribution in [3.8, 4) is 0 Å². The van der Waals surface area contributed by atoms with Gasteiger partial charge >= 0.3 is 0 Å². The maximum atomic E-state index is 5.82. The van der Waals surface area contributed by atoms with Gasteiger partial charge in [0.25, 0.3) is 0 Å². The first kappa shape index (κ1) is 10.9. The van der Waals surface area contributed by atoms with Crippen LogP contribution < -0.4 is 4.90 Å². The molecule has 18 heavy (non-hydrogen) atoms. The topological polar surface area (TPSA) is 16.4 Å². The van der Waals surface area contributed by atoms with E-state index in [1.54, 1.807) is 0 Å². The Bertz CT molecular complexity index is 609. The Kier molecular flexibility index (Phi) is 2.77. The van der Waals surface area contributed by atoms with E-state index in [2.05, 4.69) is 36.2 Å². The van der Waals surface area contributed by atoms with Crippen LogP contribution in [-0.4, -0.2) is 7.05 Å². The van der Waals surface area contributed by atoms with Gasteiger partial charge in [0.2, 0.25) is 0 Å². The monoisotopic (exact) mass is 237 g/mol. The Labute approximate surface area is 106 Å². The zero-order chi connectivity index (χ0) is 12.4. The van der Waals surface area contributed by atoms with Gasteiger partial charge in [-0.2, -0.15) is 0 Å². The summed E-state index contributed by atoms with van der Waals surface area (Å²) >= 11 is 0. The molecule has 0 radical (unpaired) electrons. The number of para-hydroxylation sites is 2. The van der Waals surface area contributed by atoms with Gasteiger partial charge in [-0.15, -0.1) is 0 Å². The van der Waals surface area contributed by atoms with Crippen molar-refractivity contribution in [2.45, 2.75) is 6.54 Å². The van der Waals surface area contributed by atoms with Gasteiger partial charge in [0, 0.05) is 18.1 Å². The van der Waals surface area contributed by atoms with E-state index >= 15 is 0 Å². The normalized spacial score (nSPS) is 10.7. The van der Waals surface area contributed by atoms with Crippen molar-refractivity contribution >= 4 is 16.7 Å². The van der Waals surface area contributed by atoms with Gasteiger partial charge in [-0.05, 0) is 24.3 Å². The highest BCUT2D eigenvalue weighted by atomic mass is 16.3. The minimum absolute atomic E-state index is 0.776. The molecule has 0 aliphatic carbocycles. The molecule has 0 fully saturated rings. The van der Waals surface area contributed by atoms with Crippen LogP contribution in [0.3, 0.4) is 0 Å². The first-order chi connectivity index (χ1) is 8.83. The average molecular weight is 237 g/mol. The molecule has 2 nitrogen and oxygen atoms in total. The van der Waals surface area contributed by atoms with E-state index in [1.807, 2.05) is 36.4 Å². The van der Waals surface area contributed by atoms with Gasteiger partial charge in [0.05, 0.1) is 6.54 Å². The summed E-state index contributed by atoms with van der Waals surface area (Å²) < 4.78 is 5.82. The SMILES string of the molecule is CN(Cc1cc2ccccc2o1)c1ccccc1. The van der Waals surface area contributed by atoms with Gasteiger partial charge in [-0.25, -0.2) is 0 Å². The van der Waals surface area contributed by atoms with Crippen molar-refractivity contribution in [1.82, 2.24) is 0 Å². The highest BCUT2D eigenvalue weighted by Crippen LogP contribution is 2.21. The highest BCUT2D eigenvalue weighted by molar-refractivity contribution is 5.77. The number of hydrogen-bond donors (Lipinski definition) is 0. The fourth-order valence-corrected chi connectivity index (χ4v) is 2.12. The molecule has 0 N–H and O–H groups in total. The molecule has 3 aromatic rings. The van der Waals surface area contributed by atoms with E-state index in [-0.39, 0.29) is 0 Å². The van der Waals surface area contributed by atoms with Crippen LogP contribution in [0.25, 0.3) is 11.0 Å². The largest absolute Gasteiger partial charge is 0.459 e. The van der Waals surface area contributed by atoms with Crippen LogP contribution in [0, 0.1) is 0 Å². The second-order valence-corrected chi connectivity index (χ2v) is 4.44. The minimum Gasteiger partial charge on any atom is -0.459 e. The summed E-state index contributed by atoms with van der Waals surface area (Å²) in [6, 6.07) is 20.5. The zero-order valence-corrected chi connectivity index (χ0v) is 10.3. The number of anilines is 1. The molecule has 0 amide bonds. The van der Waals surface area contributed by atoms with Crippen molar-refractivity contribution in [2.24, 2.45) is 0 Å². The molecular formula is C16H15NO. The summed E-state index contributed by atoms with van der Waals surface area (Å²) in [5, 5.41) is 1.16. The van der Waals surface area contributed by atoms with Crippen molar-refractivity contribution in [3.63, 3.8) is 0 Å². The summed E-state index contributed by atoms with van der Waals surface area (Å²) in [7, 11) is 2.07. The van der Waals surface area contributed by atoms with Crippen LogP contribution in [0.15, 0.2) is 65.1 Å². The number of rotatable bonds is 3. The van der Waals surface area contributed by atoms with E-state index in [0.717, 1.165) is 23.3 Å². The molecule has 0 bridgehead atoms. The molecule has 90 valence electrons. The molecule has 0 aliphatic rings. The number of nitrogens with zero attached hydrogens (tertiary/aromatic N) is 1. The molecule has 2 heteroatoms. The lowest BCUT2D eigenvalue weighted by Gasteiger charge is -2.17. The maximum absolute atomic E-state index is 5.82. The Balaban J connectivity index is 1.84. The first-order valence-corrected chi connectivity index (χ1v) is 6.06. The molecule has 0 unspecified atom stereocenters. The van der Waals surface area contributed by atoms with E-state index in [4.69, 9.17) is 4.42 Å². The van der Waals surface area contributed by atoms with Crippen LogP contribution in [0.4, 0.5) is 5.69 Å². The third-order valence-electron chi connectivity index (χ3n) is 3.07. The first-order valence-electron chi connectivity index (χ1n) is 6.06. The molecule has 2 aromatic carbocycles. The summed E-state index contributed by atoms with van der Waals surface area (Å²) in [4.78, 5) is 2.18. The van der Waals surface area contributed by atoms with E-state index < -0.39 is 0 Å². The van der Waals surface area contributed by atoms with Crippen LogP contribution in [0.1, 0.15) is 5.76 Å². The summed E-state index contributed by atoms with van der Waals surface area (Å²) in [6.45, 7) is 0.776. The molecule has 0 saturated heterocycles. The average Bonchev–Trinajstić information content (AvgIpc) is 2.82. The molecular weight excluding hydrogens is 222 g/mol. The van der Waals surface area contributed by atoms with Gasteiger partial charge in [-0.1, -0.05) is 36.4 Å². The fourth-order valence-electron chi connectivity index (χ4n) is 2.12. The Morgan fingerprint density at radius 3 is 2.44 bits per heavy atom. The van der Waals surface area contributed by atoms with Gasteiger partial charge in [0.1, 0.15) is 11.3 Å². The van der Waals surface area contributed by atoms with Gasteiger partial charge in [0.15, 0.2) is 0 Å². The van der Waals surface area contributed by atoms with Crippen LogP contribution in [0.5, 0.6) is 0 Å². The molecule has 0 spiro atoms. The van der Waals surface area contributed by atoms with Crippen LogP contribution >= 0.6 is 0 Å². The Morgan fingerprint density at radius 1 is 0.944 bits per heavy atom. The van der Waals surface area contributed by atoms with E-state index in [1.165, 1.54) is 5.69 Å². The smallest absolute Gasteiger partial charge is 0.134 e. The Morgan fingerprint density at radius 2 is 1.67 bits per heavy atom. The lowest BCUT2D eigenvalue weighted by atomic mass is 10.2. The maximum Gasteiger partial charge on any atom is 0.134 e. The minimum atomic E-state index is 0.776. The van der Waals surface area contributed by atoms with E-state index in [9.17, 15) is 0 Å². The third kappa shape index (κ3) is 2.09. The molecule has 1 aromatic heterocycles. The number of benzene rings is 2. The lowest BCUT2D eigenvalue weighted by Crippen LogP contribution is -2.15. The molecule has 0 aliphatic heterocycles. The Hall–Kier alpha value is -2.22. The number of furan rings is 1. The molecule has 0 saturated carbocycles. The molecule has 0 atom stereocenters. The number of hydrogen-bond acceptors (Lipinski definition) is 2. The quantitative estimate of drug-likeness (QED) is 0.682. The summed E-state index contributed by atoms with van der Waals surface area (Å²) in [6.07, 6.45) is 0. The predicted octanol–water partition coefficient (Wildman–Crippen LogP) is 4.07. The molecule has 3 rings (SSSR count). The van der Waals surface area contributed by atoms with Gasteiger partial charge < -0.3 is 9.32 Å². The van der Waals surface area contributed by atoms with E-state index in [0.29, 0.717) is 0 Å². The predicted molar refractivity (Wildman–Crippen MR) is 74.8 cm³/mol. The van der Waals surface area contributed by atoms with Crippen molar-refractivity contribution in [1.29, 1.82) is 0 Å². The van der Waals surface area contributed by atoms with Crippen LogP contribution in [0.2, 0.25) is 0 Å².